The summed E-state index contributed by atoms with van der Waals surface area (Å²) in [6.45, 7) is 11.2. The first-order chi connectivity index (χ1) is 24.9. The number of carbonyl (C=O) groups is 2. The Labute approximate surface area is 308 Å². The standard InChI is InChI=1S/C42H55N3O7/c1-9-35-36(25(3)46)37(41(48)44-34-21-28-20-33(24(34)2)42(28,4)5)45(52-35)22-27-12-10-13-30(38(27)50-8)31-14-11-15-32(40(47)43-6)39(31)51-23-26-16-18-29(49-7)19-17-26/h10-19,24-25,28,33-37,46H,9,20-23H2,1-8H3,(H,43,47)(H,44,48)/t24-,25-,28+,33-,34-,35-,36+,37-/m0/s1. The summed E-state index contributed by atoms with van der Waals surface area (Å²) in [7, 11) is 4.83. The number of hydrogen-bond acceptors (Lipinski definition) is 8. The van der Waals surface area contributed by atoms with Crippen LogP contribution in [0.15, 0.2) is 60.7 Å². The van der Waals surface area contributed by atoms with Crippen LogP contribution in [0, 0.1) is 29.1 Å². The number of fused-ring (bicyclic) bond motifs is 2. The second kappa shape index (κ2) is 15.5. The Morgan fingerprint density at radius 3 is 2.29 bits per heavy atom. The number of amides is 2. The summed E-state index contributed by atoms with van der Waals surface area (Å²) in [5.41, 5.74) is 3.82. The van der Waals surface area contributed by atoms with Gasteiger partial charge >= 0.3 is 0 Å². The number of rotatable bonds is 13. The summed E-state index contributed by atoms with van der Waals surface area (Å²) in [5, 5.41) is 18.9. The lowest BCUT2D eigenvalue weighted by atomic mass is 9.45. The van der Waals surface area contributed by atoms with E-state index < -0.39 is 18.1 Å². The molecule has 10 nitrogen and oxygen atoms in total. The molecule has 3 N–H and O–H groups in total. The predicted molar refractivity (Wildman–Crippen MR) is 200 cm³/mol. The first-order valence-electron chi connectivity index (χ1n) is 18.6. The topological polar surface area (TPSA) is 119 Å². The SMILES string of the molecule is CC[C@@H]1ON(Cc2cccc(-c3cccc(C(=O)NC)c3OCc3ccc(OC)cc3)c2OC)[C@H](C(=O)N[C@H]2C[C@H]3C[C@@H]([C@@H]2C)C3(C)C)[C@@H]1[C@H](C)O. The van der Waals surface area contributed by atoms with Gasteiger partial charge in [0.1, 0.15) is 29.9 Å². The number of benzene rings is 3. The summed E-state index contributed by atoms with van der Waals surface area (Å²) in [6.07, 6.45) is 1.75. The van der Waals surface area contributed by atoms with Crippen molar-refractivity contribution in [1.82, 2.24) is 15.7 Å². The Kier molecular flexibility index (Phi) is 11.2. The Morgan fingerprint density at radius 1 is 1.00 bits per heavy atom. The minimum Gasteiger partial charge on any atom is -0.497 e. The van der Waals surface area contributed by atoms with Crippen LogP contribution in [0.5, 0.6) is 17.2 Å². The number of nitrogens with zero attached hydrogens (tertiary/aromatic N) is 1. The van der Waals surface area contributed by atoms with Crippen molar-refractivity contribution in [3.05, 3.63) is 77.4 Å². The molecule has 7 rings (SSSR count). The van der Waals surface area contributed by atoms with Crippen molar-refractivity contribution in [3.63, 3.8) is 0 Å². The summed E-state index contributed by atoms with van der Waals surface area (Å²) in [4.78, 5) is 33.9. The predicted octanol–water partition coefficient (Wildman–Crippen LogP) is 6.39. The van der Waals surface area contributed by atoms with E-state index in [9.17, 15) is 14.7 Å². The fourth-order valence-corrected chi connectivity index (χ4v) is 9.10. The molecule has 1 aliphatic heterocycles. The molecule has 4 fully saturated rings. The molecule has 3 aromatic rings. The Morgan fingerprint density at radius 2 is 1.69 bits per heavy atom. The molecular weight excluding hydrogens is 658 g/mol. The van der Waals surface area contributed by atoms with E-state index in [1.807, 2.05) is 61.5 Å². The second-order valence-electron chi connectivity index (χ2n) is 15.4. The van der Waals surface area contributed by atoms with Gasteiger partial charge in [0.15, 0.2) is 0 Å². The van der Waals surface area contributed by atoms with Gasteiger partial charge in [0.2, 0.25) is 5.91 Å². The largest absolute Gasteiger partial charge is 0.497 e. The molecule has 10 heteroatoms. The molecule has 2 amide bonds. The van der Waals surface area contributed by atoms with Crippen molar-refractivity contribution in [2.24, 2.45) is 29.1 Å². The maximum absolute atomic E-state index is 14.3. The van der Waals surface area contributed by atoms with Crippen LogP contribution < -0.4 is 24.8 Å². The highest BCUT2D eigenvalue weighted by atomic mass is 16.7. The smallest absolute Gasteiger partial charge is 0.254 e. The minimum atomic E-state index is -0.757. The third kappa shape index (κ3) is 7.00. The molecule has 2 bridgehead atoms. The maximum Gasteiger partial charge on any atom is 0.254 e. The van der Waals surface area contributed by atoms with Gasteiger partial charge in [0.05, 0.1) is 38.5 Å². The van der Waals surface area contributed by atoms with E-state index >= 15 is 0 Å². The van der Waals surface area contributed by atoms with Gasteiger partial charge in [-0.3, -0.25) is 14.4 Å². The normalized spacial score (nSPS) is 26.9. The van der Waals surface area contributed by atoms with E-state index in [-0.39, 0.29) is 37.1 Å². The molecule has 3 saturated carbocycles. The van der Waals surface area contributed by atoms with Crippen molar-refractivity contribution in [1.29, 1.82) is 0 Å². The lowest BCUT2D eigenvalue weighted by Crippen LogP contribution is -2.62. The van der Waals surface area contributed by atoms with E-state index in [2.05, 4.69) is 31.4 Å². The quantitative estimate of drug-likeness (QED) is 0.187. The van der Waals surface area contributed by atoms with E-state index in [1.54, 1.807) is 39.3 Å². The third-order valence-electron chi connectivity index (χ3n) is 12.2. The van der Waals surface area contributed by atoms with Crippen molar-refractivity contribution in [2.75, 3.05) is 21.3 Å². The molecule has 1 heterocycles. The number of hydroxylamine groups is 2. The lowest BCUT2D eigenvalue weighted by molar-refractivity contribution is -0.178. The minimum absolute atomic E-state index is 0.0863. The van der Waals surface area contributed by atoms with Gasteiger partial charge in [-0.15, -0.1) is 0 Å². The van der Waals surface area contributed by atoms with Gasteiger partial charge in [-0.1, -0.05) is 70.2 Å². The Bertz CT molecular complexity index is 1740. The summed E-state index contributed by atoms with van der Waals surface area (Å²) < 4.78 is 17.8. The van der Waals surface area contributed by atoms with Crippen molar-refractivity contribution in [2.45, 2.75) is 91.3 Å². The zero-order valence-electron chi connectivity index (χ0n) is 31.8. The van der Waals surface area contributed by atoms with Gasteiger partial charge in [-0.25, -0.2) is 0 Å². The highest BCUT2D eigenvalue weighted by molar-refractivity contribution is 5.99. The molecule has 4 aliphatic rings. The van der Waals surface area contributed by atoms with Crippen molar-refractivity contribution >= 4 is 11.8 Å². The Balaban J connectivity index is 1.31. The van der Waals surface area contributed by atoms with E-state index in [4.69, 9.17) is 19.0 Å². The number of para-hydroxylation sites is 2. The van der Waals surface area contributed by atoms with Crippen LogP contribution in [-0.2, 0) is 22.8 Å². The molecule has 8 atom stereocenters. The fourth-order valence-electron chi connectivity index (χ4n) is 9.10. The van der Waals surface area contributed by atoms with Gasteiger partial charge in [-0.05, 0) is 73.1 Å². The summed E-state index contributed by atoms with van der Waals surface area (Å²) >= 11 is 0. The number of carbonyl (C=O) groups excluding carboxylic acids is 2. The third-order valence-corrected chi connectivity index (χ3v) is 12.2. The van der Waals surface area contributed by atoms with Crippen molar-refractivity contribution < 1.29 is 33.7 Å². The molecule has 52 heavy (non-hydrogen) atoms. The monoisotopic (exact) mass is 713 g/mol. The zero-order valence-corrected chi connectivity index (χ0v) is 31.8. The first-order valence-corrected chi connectivity index (χ1v) is 18.6. The van der Waals surface area contributed by atoms with Gasteiger partial charge in [0.25, 0.3) is 5.91 Å². The van der Waals surface area contributed by atoms with Crippen molar-refractivity contribution in [3.8, 4) is 28.4 Å². The van der Waals surface area contributed by atoms with E-state index in [0.29, 0.717) is 52.2 Å². The van der Waals surface area contributed by atoms with Crippen LogP contribution in [0.1, 0.15) is 75.4 Å². The average molecular weight is 714 g/mol. The van der Waals surface area contributed by atoms with Crippen LogP contribution in [0.25, 0.3) is 11.1 Å². The lowest BCUT2D eigenvalue weighted by Gasteiger charge is -2.62. The van der Waals surface area contributed by atoms with Crippen LogP contribution in [0.4, 0.5) is 0 Å². The number of nitrogens with one attached hydrogen (secondary N) is 2. The van der Waals surface area contributed by atoms with Crippen LogP contribution in [0.2, 0.25) is 0 Å². The molecular formula is C42H55N3O7. The number of methoxy groups -OCH3 is 2. The highest BCUT2D eigenvalue weighted by Gasteiger charge is 2.57. The highest BCUT2D eigenvalue weighted by Crippen LogP contribution is 2.61. The molecule has 3 aromatic carbocycles. The zero-order chi connectivity index (χ0) is 37.3. The van der Waals surface area contributed by atoms with Crippen LogP contribution in [0.3, 0.4) is 0 Å². The number of aliphatic hydroxyl groups excluding tert-OH is 1. The second-order valence-corrected chi connectivity index (χ2v) is 15.4. The summed E-state index contributed by atoms with van der Waals surface area (Å²) in [6, 6.07) is 18.3. The summed E-state index contributed by atoms with van der Waals surface area (Å²) in [5.74, 6) is 2.50. The molecule has 0 unspecified atom stereocenters. The molecule has 0 spiro atoms. The van der Waals surface area contributed by atoms with E-state index in [1.165, 1.54) is 6.42 Å². The van der Waals surface area contributed by atoms with Gasteiger partial charge in [0, 0.05) is 35.7 Å². The number of hydrogen-bond donors (Lipinski definition) is 3. The number of ether oxygens (including phenoxy) is 3. The van der Waals surface area contributed by atoms with E-state index in [0.717, 1.165) is 28.9 Å². The molecule has 3 aliphatic carbocycles. The maximum atomic E-state index is 14.3. The molecule has 1 saturated heterocycles. The Hall–Kier alpha value is -4.12. The molecule has 280 valence electrons. The number of aliphatic hydroxyl groups is 1. The van der Waals surface area contributed by atoms with Crippen LogP contribution >= 0.6 is 0 Å². The fraction of sp³-hybridized carbons (Fsp3) is 0.524. The van der Waals surface area contributed by atoms with Gasteiger partial charge in [-0.2, -0.15) is 5.06 Å². The molecule has 0 aromatic heterocycles. The average Bonchev–Trinajstić information content (AvgIpc) is 3.52. The van der Waals surface area contributed by atoms with Crippen LogP contribution in [-0.4, -0.2) is 67.5 Å². The van der Waals surface area contributed by atoms with Gasteiger partial charge < -0.3 is 30.0 Å². The first kappa shape index (κ1) is 37.6. The molecule has 0 radical (unpaired) electrons.